The summed E-state index contributed by atoms with van der Waals surface area (Å²) in [6, 6.07) is 8.14. The van der Waals surface area contributed by atoms with Crippen molar-refractivity contribution in [3.8, 4) is 0 Å². The number of rotatable bonds is 0. The lowest BCUT2D eigenvalue weighted by molar-refractivity contribution is 0.114. The minimum atomic E-state index is -0.807. The molecule has 1 amide bonds. The summed E-state index contributed by atoms with van der Waals surface area (Å²) in [5, 5.41) is 11.2. The van der Waals surface area contributed by atoms with Crippen LogP contribution in [0.2, 0.25) is 0 Å². The molecule has 0 bridgehead atoms. The zero-order chi connectivity index (χ0) is 12.6. The number of benzene rings is 1. The van der Waals surface area contributed by atoms with E-state index in [2.05, 4.69) is 17.1 Å². The molecule has 4 nitrogen and oxygen atoms in total. The van der Waals surface area contributed by atoms with Crippen LogP contribution in [0.5, 0.6) is 0 Å². The number of likely N-dealkylation sites (tertiary alicyclic amines) is 1. The number of amides is 1. The van der Waals surface area contributed by atoms with E-state index in [0.717, 1.165) is 24.7 Å². The Balaban J connectivity index is 1.88. The molecule has 0 aliphatic carbocycles. The van der Waals surface area contributed by atoms with E-state index in [1.165, 1.54) is 10.1 Å². The SMILES string of the molecule is O=C(O)N1CCC2(C=c3ccccc3=NC2)CC1. The van der Waals surface area contributed by atoms with Gasteiger partial charge in [-0.1, -0.05) is 24.3 Å². The Morgan fingerprint density at radius 3 is 2.72 bits per heavy atom. The monoisotopic (exact) mass is 244 g/mol. The first-order valence-electron chi connectivity index (χ1n) is 6.29. The highest BCUT2D eigenvalue weighted by atomic mass is 16.4. The highest BCUT2D eigenvalue weighted by molar-refractivity contribution is 5.65. The third-order valence-corrected chi connectivity index (χ3v) is 3.99. The summed E-state index contributed by atoms with van der Waals surface area (Å²) in [5.74, 6) is 0. The quantitative estimate of drug-likeness (QED) is 0.736. The van der Waals surface area contributed by atoms with Gasteiger partial charge in [0.2, 0.25) is 0 Å². The molecule has 1 aromatic rings. The fourth-order valence-corrected chi connectivity index (χ4v) is 2.82. The molecule has 0 unspecified atom stereocenters. The zero-order valence-electron chi connectivity index (χ0n) is 10.2. The van der Waals surface area contributed by atoms with Crippen molar-refractivity contribution < 1.29 is 9.90 Å². The molecule has 2 aliphatic heterocycles. The predicted molar refractivity (Wildman–Crippen MR) is 67.8 cm³/mol. The fourth-order valence-electron chi connectivity index (χ4n) is 2.82. The van der Waals surface area contributed by atoms with Gasteiger partial charge in [-0.2, -0.15) is 0 Å². The highest BCUT2D eigenvalue weighted by Gasteiger charge is 2.34. The van der Waals surface area contributed by atoms with Gasteiger partial charge in [-0.25, -0.2) is 4.79 Å². The Kier molecular flexibility index (Phi) is 2.58. The second kappa shape index (κ2) is 4.12. The van der Waals surface area contributed by atoms with Gasteiger partial charge in [0.1, 0.15) is 0 Å². The number of hydrogen-bond donors (Lipinski definition) is 1. The molecular weight excluding hydrogens is 228 g/mol. The molecule has 4 heteroatoms. The number of para-hydroxylation sites is 1. The third-order valence-electron chi connectivity index (χ3n) is 3.99. The van der Waals surface area contributed by atoms with Gasteiger partial charge < -0.3 is 10.0 Å². The second-order valence-corrected chi connectivity index (χ2v) is 5.15. The highest BCUT2D eigenvalue weighted by Crippen LogP contribution is 2.34. The van der Waals surface area contributed by atoms with Crippen LogP contribution in [0.4, 0.5) is 4.79 Å². The molecule has 1 N–H and O–H groups in total. The van der Waals surface area contributed by atoms with Crippen LogP contribution in [-0.4, -0.2) is 35.7 Å². The number of hydrogen-bond acceptors (Lipinski definition) is 2. The lowest BCUT2D eigenvalue weighted by Gasteiger charge is -2.38. The topological polar surface area (TPSA) is 52.9 Å². The lowest BCUT2D eigenvalue weighted by atomic mass is 9.77. The van der Waals surface area contributed by atoms with Crippen LogP contribution in [0, 0.1) is 5.41 Å². The number of nitrogens with zero attached hydrogens (tertiary/aromatic N) is 2. The van der Waals surface area contributed by atoms with E-state index in [0.29, 0.717) is 13.1 Å². The van der Waals surface area contributed by atoms with Gasteiger partial charge in [0.25, 0.3) is 0 Å². The van der Waals surface area contributed by atoms with Crippen LogP contribution in [0.25, 0.3) is 6.08 Å². The molecule has 94 valence electrons. The Hall–Kier alpha value is -1.84. The summed E-state index contributed by atoms with van der Waals surface area (Å²) in [4.78, 5) is 17.1. The number of piperidine rings is 1. The minimum Gasteiger partial charge on any atom is -0.465 e. The van der Waals surface area contributed by atoms with Crippen LogP contribution in [0.1, 0.15) is 12.8 Å². The van der Waals surface area contributed by atoms with Crippen molar-refractivity contribution in [1.29, 1.82) is 0 Å². The molecule has 0 radical (unpaired) electrons. The molecule has 18 heavy (non-hydrogen) atoms. The summed E-state index contributed by atoms with van der Waals surface area (Å²) in [6.45, 7) is 2.02. The van der Waals surface area contributed by atoms with Crippen molar-refractivity contribution in [1.82, 2.24) is 4.90 Å². The molecule has 1 aromatic carbocycles. The maximum Gasteiger partial charge on any atom is 0.407 e. The largest absolute Gasteiger partial charge is 0.465 e. The maximum atomic E-state index is 10.9. The van der Waals surface area contributed by atoms with E-state index in [1.807, 2.05) is 18.2 Å². The molecule has 1 spiro atoms. The normalized spacial score (nSPS) is 20.8. The fraction of sp³-hybridized carbons (Fsp3) is 0.429. The summed E-state index contributed by atoms with van der Waals surface area (Å²) in [7, 11) is 0. The maximum absolute atomic E-state index is 10.9. The summed E-state index contributed by atoms with van der Waals surface area (Å²) in [6.07, 6.45) is 3.24. The van der Waals surface area contributed by atoms with Crippen molar-refractivity contribution in [2.24, 2.45) is 10.4 Å². The smallest absolute Gasteiger partial charge is 0.407 e. The number of carboxylic acid groups (broad SMARTS) is 1. The summed E-state index contributed by atoms with van der Waals surface area (Å²) < 4.78 is 0. The molecule has 0 saturated carbocycles. The van der Waals surface area contributed by atoms with Gasteiger partial charge >= 0.3 is 6.09 Å². The number of fused-ring (bicyclic) bond motifs is 1. The Labute approximate surface area is 105 Å². The molecule has 2 aliphatic rings. The Morgan fingerprint density at radius 2 is 2.00 bits per heavy atom. The lowest BCUT2D eigenvalue weighted by Crippen LogP contribution is -2.46. The first-order valence-corrected chi connectivity index (χ1v) is 6.29. The second-order valence-electron chi connectivity index (χ2n) is 5.15. The van der Waals surface area contributed by atoms with Gasteiger partial charge in [-0.05, 0) is 24.1 Å². The van der Waals surface area contributed by atoms with E-state index in [9.17, 15) is 4.79 Å². The van der Waals surface area contributed by atoms with E-state index >= 15 is 0 Å². The molecule has 1 fully saturated rings. The van der Waals surface area contributed by atoms with E-state index in [1.54, 1.807) is 0 Å². The van der Waals surface area contributed by atoms with Crippen LogP contribution >= 0.6 is 0 Å². The van der Waals surface area contributed by atoms with Crippen LogP contribution in [-0.2, 0) is 0 Å². The van der Waals surface area contributed by atoms with Crippen LogP contribution in [0.3, 0.4) is 0 Å². The van der Waals surface area contributed by atoms with E-state index in [4.69, 9.17) is 5.11 Å². The van der Waals surface area contributed by atoms with Crippen molar-refractivity contribution in [3.05, 3.63) is 34.8 Å². The third kappa shape index (κ3) is 1.88. The van der Waals surface area contributed by atoms with Crippen molar-refractivity contribution in [3.63, 3.8) is 0 Å². The standard InChI is InChI=1S/C14H16N2O2/c17-13(18)16-7-5-14(6-8-16)9-11-3-1-2-4-12(11)15-10-14/h1-4,9H,5-8,10H2,(H,17,18). The molecule has 0 aromatic heterocycles. The average Bonchev–Trinajstić information content (AvgIpc) is 2.39. The first-order chi connectivity index (χ1) is 8.69. The van der Waals surface area contributed by atoms with Crippen molar-refractivity contribution >= 4 is 12.2 Å². The minimum absolute atomic E-state index is 0.0697. The zero-order valence-corrected chi connectivity index (χ0v) is 10.2. The average molecular weight is 244 g/mol. The van der Waals surface area contributed by atoms with Gasteiger partial charge in [0.15, 0.2) is 0 Å². The van der Waals surface area contributed by atoms with Gasteiger partial charge in [0.05, 0.1) is 5.36 Å². The van der Waals surface area contributed by atoms with Gasteiger partial charge in [-0.15, -0.1) is 0 Å². The molecule has 2 heterocycles. The first kappa shape index (κ1) is 11.3. The van der Waals surface area contributed by atoms with Crippen molar-refractivity contribution in [2.75, 3.05) is 19.6 Å². The molecule has 3 rings (SSSR count). The van der Waals surface area contributed by atoms with Gasteiger partial charge in [0, 0.05) is 25.0 Å². The molecule has 1 saturated heterocycles. The van der Waals surface area contributed by atoms with Crippen molar-refractivity contribution in [2.45, 2.75) is 12.8 Å². The molecular formula is C14H16N2O2. The predicted octanol–water partition coefficient (Wildman–Crippen LogP) is 0.861. The Bertz CT molecular complexity index is 586. The molecule has 0 atom stereocenters. The van der Waals surface area contributed by atoms with Crippen LogP contribution in [0.15, 0.2) is 29.3 Å². The number of carbonyl (C=O) groups is 1. The summed E-state index contributed by atoms with van der Waals surface area (Å²) in [5.41, 5.74) is 0.0697. The van der Waals surface area contributed by atoms with Gasteiger partial charge in [-0.3, -0.25) is 4.99 Å². The van der Waals surface area contributed by atoms with Crippen LogP contribution < -0.4 is 10.6 Å². The summed E-state index contributed by atoms with van der Waals surface area (Å²) >= 11 is 0. The van der Waals surface area contributed by atoms with E-state index in [-0.39, 0.29) is 5.41 Å². The van der Waals surface area contributed by atoms with E-state index < -0.39 is 6.09 Å². The Morgan fingerprint density at radius 1 is 1.28 bits per heavy atom.